The Morgan fingerprint density at radius 3 is 2.55 bits per heavy atom. The fraction of sp³-hybridized carbons (Fsp3) is 0.440. The summed E-state index contributed by atoms with van der Waals surface area (Å²) in [7, 11) is 0. The molecule has 33 heavy (non-hydrogen) atoms. The third-order valence-electron chi connectivity index (χ3n) is 6.55. The molecule has 0 saturated carbocycles. The van der Waals surface area contributed by atoms with E-state index < -0.39 is 0 Å². The van der Waals surface area contributed by atoms with E-state index >= 15 is 0 Å². The molecule has 2 fully saturated rings. The smallest absolute Gasteiger partial charge is 0.236 e. The third kappa shape index (κ3) is 5.60. The molecular formula is C25H31ClN4O3. The first-order chi connectivity index (χ1) is 15.8. The van der Waals surface area contributed by atoms with E-state index in [0.29, 0.717) is 38.3 Å². The number of nitrogens with zero attached hydrogens (tertiary/aromatic N) is 3. The average Bonchev–Trinajstić information content (AvgIpc) is 3.27. The van der Waals surface area contributed by atoms with Gasteiger partial charge in [-0.2, -0.15) is 0 Å². The standard InChI is InChI=1S/C25H31ClN4O3/c1-17-3-4-18(2)22(13-17)29-9-11-30(12-10-29)24(32)16-28-8-7-19(15-28)25(33)27-20-5-6-23(31)21(26)14-20/h3-6,13-14,19,31H,7-12,15-16H2,1-2H3,(H,27,33)/t19-/m1/s1. The Kier molecular flexibility index (Phi) is 7.10. The van der Waals surface area contributed by atoms with E-state index in [1.165, 1.54) is 28.9 Å². The molecule has 0 unspecified atom stereocenters. The highest BCUT2D eigenvalue weighted by molar-refractivity contribution is 6.32. The van der Waals surface area contributed by atoms with Crippen LogP contribution in [0.2, 0.25) is 5.02 Å². The maximum Gasteiger partial charge on any atom is 0.236 e. The highest BCUT2D eigenvalue weighted by atomic mass is 35.5. The minimum Gasteiger partial charge on any atom is -0.506 e. The lowest BCUT2D eigenvalue weighted by molar-refractivity contribution is -0.132. The Morgan fingerprint density at radius 2 is 1.82 bits per heavy atom. The lowest BCUT2D eigenvalue weighted by atomic mass is 10.1. The number of hydrogen-bond acceptors (Lipinski definition) is 5. The number of piperazine rings is 1. The van der Waals surface area contributed by atoms with Gasteiger partial charge in [0.25, 0.3) is 0 Å². The summed E-state index contributed by atoms with van der Waals surface area (Å²) >= 11 is 5.91. The molecule has 7 nitrogen and oxygen atoms in total. The molecule has 2 N–H and O–H groups in total. The zero-order valence-electron chi connectivity index (χ0n) is 19.2. The first-order valence-electron chi connectivity index (χ1n) is 11.4. The van der Waals surface area contributed by atoms with Crippen LogP contribution in [0.25, 0.3) is 0 Å². The maximum atomic E-state index is 12.9. The van der Waals surface area contributed by atoms with Gasteiger partial charge < -0.3 is 20.2 Å². The zero-order valence-corrected chi connectivity index (χ0v) is 19.9. The van der Waals surface area contributed by atoms with Crippen LogP contribution in [-0.4, -0.2) is 72.5 Å². The highest BCUT2D eigenvalue weighted by Crippen LogP contribution is 2.27. The van der Waals surface area contributed by atoms with Crippen molar-refractivity contribution >= 4 is 34.8 Å². The first-order valence-corrected chi connectivity index (χ1v) is 11.8. The van der Waals surface area contributed by atoms with Gasteiger partial charge in [-0.3, -0.25) is 14.5 Å². The number of nitrogens with one attached hydrogen (secondary N) is 1. The maximum absolute atomic E-state index is 12.9. The van der Waals surface area contributed by atoms with Crippen LogP contribution in [0.15, 0.2) is 36.4 Å². The SMILES string of the molecule is Cc1ccc(C)c(N2CCN(C(=O)CN3CC[C@@H](C(=O)Nc4ccc(O)c(Cl)c4)C3)CC2)c1. The van der Waals surface area contributed by atoms with Crippen LogP contribution in [0.5, 0.6) is 5.75 Å². The zero-order chi connectivity index (χ0) is 23.5. The van der Waals surface area contributed by atoms with Crippen molar-refractivity contribution in [2.75, 3.05) is 56.0 Å². The molecule has 2 amide bonds. The lowest BCUT2D eigenvalue weighted by Crippen LogP contribution is -2.51. The summed E-state index contributed by atoms with van der Waals surface area (Å²) in [6.07, 6.45) is 0.714. The molecule has 2 aromatic carbocycles. The van der Waals surface area contributed by atoms with Crippen LogP contribution in [0.4, 0.5) is 11.4 Å². The van der Waals surface area contributed by atoms with Crippen molar-refractivity contribution in [3.63, 3.8) is 0 Å². The summed E-state index contributed by atoms with van der Waals surface area (Å²) in [5.41, 5.74) is 4.32. The van der Waals surface area contributed by atoms with Crippen molar-refractivity contribution in [3.05, 3.63) is 52.5 Å². The quantitative estimate of drug-likeness (QED) is 0.656. The Labute approximate surface area is 199 Å². The summed E-state index contributed by atoms with van der Waals surface area (Å²) in [5, 5.41) is 12.6. The molecule has 0 bridgehead atoms. The van der Waals surface area contributed by atoms with E-state index in [1.807, 2.05) is 4.90 Å². The molecule has 0 spiro atoms. The second-order valence-electron chi connectivity index (χ2n) is 9.03. The fourth-order valence-corrected chi connectivity index (χ4v) is 4.75. The van der Waals surface area contributed by atoms with Crippen molar-refractivity contribution in [1.29, 1.82) is 0 Å². The summed E-state index contributed by atoms with van der Waals surface area (Å²) in [6, 6.07) is 11.1. The predicted molar refractivity (Wildman–Crippen MR) is 131 cm³/mol. The number of anilines is 2. The van der Waals surface area contributed by atoms with Gasteiger partial charge in [-0.05, 0) is 62.2 Å². The summed E-state index contributed by atoms with van der Waals surface area (Å²) in [4.78, 5) is 31.9. The van der Waals surface area contributed by atoms with Gasteiger partial charge in [-0.25, -0.2) is 0 Å². The van der Waals surface area contributed by atoms with Crippen LogP contribution in [-0.2, 0) is 9.59 Å². The van der Waals surface area contributed by atoms with Gasteiger partial charge in [0.15, 0.2) is 0 Å². The Hall–Kier alpha value is -2.77. The van der Waals surface area contributed by atoms with E-state index in [1.54, 1.807) is 6.07 Å². The molecule has 2 saturated heterocycles. The number of aryl methyl sites for hydroxylation is 2. The number of phenolic OH excluding ortho intramolecular Hbond substituents is 1. The Balaban J connectivity index is 1.24. The summed E-state index contributed by atoms with van der Waals surface area (Å²) in [5.74, 6) is -0.155. The van der Waals surface area contributed by atoms with Gasteiger partial charge in [0.05, 0.1) is 17.5 Å². The normalized spacial score (nSPS) is 19.1. The van der Waals surface area contributed by atoms with E-state index in [4.69, 9.17) is 11.6 Å². The number of likely N-dealkylation sites (tertiary alicyclic amines) is 1. The van der Waals surface area contributed by atoms with Crippen molar-refractivity contribution in [3.8, 4) is 5.75 Å². The molecule has 0 aromatic heterocycles. The molecule has 2 aliphatic rings. The van der Waals surface area contributed by atoms with Crippen LogP contribution >= 0.6 is 11.6 Å². The average molecular weight is 471 g/mol. The molecule has 2 heterocycles. The van der Waals surface area contributed by atoms with Crippen LogP contribution < -0.4 is 10.2 Å². The first kappa shape index (κ1) is 23.4. The monoisotopic (exact) mass is 470 g/mol. The molecule has 2 aliphatic heterocycles. The van der Waals surface area contributed by atoms with E-state index in [-0.39, 0.29) is 28.5 Å². The number of carbonyl (C=O) groups excluding carboxylic acids is 2. The van der Waals surface area contributed by atoms with Crippen molar-refractivity contribution in [2.24, 2.45) is 5.92 Å². The van der Waals surface area contributed by atoms with Crippen LogP contribution in [0.1, 0.15) is 17.5 Å². The number of rotatable bonds is 5. The third-order valence-corrected chi connectivity index (χ3v) is 6.86. The van der Waals surface area contributed by atoms with Crippen molar-refractivity contribution in [1.82, 2.24) is 9.80 Å². The Bertz CT molecular complexity index is 1040. The number of hydrogen-bond donors (Lipinski definition) is 2. The second kappa shape index (κ2) is 10.0. The van der Waals surface area contributed by atoms with E-state index in [0.717, 1.165) is 19.6 Å². The Morgan fingerprint density at radius 1 is 1.06 bits per heavy atom. The molecular weight excluding hydrogens is 440 g/mol. The van der Waals surface area contributed by atoms with Crippen molar-refractivity contribution in [2.45, 2.75) is 20.3 Å². The van der Waals surface area contributed by atoms with Crippen LogP contribution in [0, 0.1) is 19.8 Å². The van der Waals surface area contributed by atoms with Gasteiger partial charge in [-0.1, -0.05) is 23.7 Å². The number of benzene rings is 2. The topological polar surface area (TPSA) is 76.1 Å². The molecule has 2 aromatic rings. The van der Waals surface area contributed by atoms with Crippen molar-refractivity contribution < 1.29 is 14.7 Å². The fourth-order valence-electron chi connectivity index (χ4n) is 4.57. The largest absolute Gasteiger partial charge is 0.506 e. The highest BCUT2D eigenvalue weighted by Gasteiger charge is 2.31. The van der Waals surface area contributed by atoms with Gasteiger partial charge in [0.2, 0.25) is 11.8 Å². The number of carbonyl (C=O) groups is 2. The number of halogens is 1. The van der Waals surface area contributed by atoms with E-state index in [2.05, 4.69) is 47.2 Å². The molecule has 176 valence electrons. The lowest BCUT2D eigenvalue weighted by Gasteiger charge is -2.37. The van der Waals surface area contributed by atoms with E-state index in [9.17, 15) is 14.7 Å². The molecule has 0 radical (unpaired) electrons. The summed E-state index contributed by atoms with van der Waals surface area (Å²) < 4.78 is 0. The van der Waals surface area contributed by atoms with Gasteiger partial charge in [0, 0.05) is 44.1 Å². The van der Waals surface area contributed by atoms with Gasteiger partial charge >= 0.3 is 0 Å². The van der Waals surface area contributed by atoms with Gasteiger partial charge in [0.1, 0.15) is 5.75 Å². The van der Waals surface area contributed by atoms with Crippen LogP contribution in [0.3, 0.4) is 0 Å². The number of aromatic hydroxyl groups is 1. The molecule has 0 aliphatic carbocycles. The minimum atomic E-state index is -0.175. The molecule has 1 atom stereocenters. The summed E-state index contributed by atoms with van der Waals surface area (Å²) in [6.45, 7) is 8.95. The molecule has 4 rings (SSSR count). The number of phenols is 1. The number of amides is 2. The predicted octanol–water partition coefficient (Wildman–Crippen LogP) is 3.27. The minimum absolute atomic E-state index is 0.0185. The molecule has 8 heteroatoms. The second-order valence-corrected chi connectivity index (χ2v) is 9.44. The van der Waals surface area contributed by atoms with Gasteiger partial charge in [-0.15, -0.1) is 0 Å².